The number of nitro groups is 1. The van der Waals surface area contributed by atoms with Gasteiger partial charge in [-0.15, -0.1) is 0 Å². The van der Waals surface area contributed by atoms with Crippen LogP contribution >= 0.6 is 0 Å². The van der Waals surface area contributed by atoms with E-state index in [1.807, 2.05) is 12.1 Å². The Kier molecular flexibility index (Phi) is 4.65. The first kappa shape index (κ1) is 16.6. The van der Waals surface area contributed by atoms with Crippen molar-refractivity contribution in [2.75, 3.05) is 26.2 Å². The van der Waals surface area contributed by atoms with Crippen LogP contribution in [0, 0.1) is 10.1 Å². The predicted octanol–water partition coefficient (Wildman–Crippen LogP) is 0.277. The van der Waals surface area contributed by atoms with Gasteiger partial charge < -0.3 is 9.32 Å². The van der Waals surface area contributed by atoms with Crippen molar-refractivity contribution >= 4 is 15.7 Å². The fourth-order valence-electron chi connectivity index (χ4n) is 2.77. The van der Waals surface area contributed by atoms with Gasteiger partial charge in [0, 0.05) is 12.1 Å². The lowest BCUT2D eigenvalue weighted by Crippen LogP contribution is -3.13. The van der Waals surface area contributed by atoms with Crippen LogP contribution < -0.4 is 4.90 Å². The zero-order chi connectivity index (χ0) is 17.2. The molecule has 0 radical (unpaired) electrons. The summed E-state index contributed by atoms with van der Waals surface area (Å²) in [6.45, 7) is 2.93. The van der Waals surface area contributed by atoms with Crippen LogP contribution in [0.15, 0.2) is 52.0 Å². The highest BCUT2D eigenvalue weighted by atomic mass is 32.2. The van der Waals surface area contributed by atoms with Crippen molar-refractivity contribution in [3.8, 4) is 0 Å². The van der Waals surface area contributed by atoms with Crippen molar-refractivity contribution in [3.05, 3.63) is 58.5 Å². The van der Waals surface area contributed by atoms with E-state index in [0.29, 0.717) is 26.2 Å². The fourth-order valence-corrected chi connectivity index (χ4v) is 4.21. The van der Waals surface area contributed by atoms with Gasteiger partial charge >= 0.3 is 0 Å². The first-order chi connectivity index (χ1) is 11.5. The number of piperazine rings is 1. The van der Waals surface area contributed by atoms with Crippen LogP contribution in [0.25, 0.3) is 0 Å². The van der Waals surface area contributed by atoms with E-state index in [1.54, 1.807) is 6.26 Å². The van der Waals surface area contributed by atoms with Gasteiger partial charge in [-0.2, -0.15) is 4.31 Å². The molecule has 0 aliphatic carbocycles. The second-order valence-corrected chi connectivity index (χ2v) is 7.60. The molecule has 1 aliphatic heterocycles. The zero-order valence-electron chi connectivity index (χ0n) is 12.9. The van der Waals surface area contributed by atoms with E-state index >= 15 is 0 Å². The number of nitro benzene ring substituents is 1. The van der Waals surface area contributed by atoms with Crippen LogP contribution in [-0.4, -0.2) is 43.8 Å². The van der Waals surface area contributed by atoms with Gasteiger partial charge in [-0.3, -0.25) is 10.1 Å². The minimum atomic E-state index is -3.62. The van der Waals surface area contributed by atoms with Gasteiger partial charge in [-0.1, -0.05) is 0 Å². The molecular weight excluding hydrogens is 334 g/mol. The van der Waals surface area contributed by atoms with Crippen LogP contribution in [0.5, 0.6) is 0 Å². The molecule has 1 fully saturated rings. The summed E-state index contributed by atoms with van der Waals surface area (Å²) < 4.78 is 32.0. The Labute approximate surface area is 139 Å². The Morgan fingerprint density at radius 3 is 2.38 bits per heavy atom. The van der Waals surface area contributed by atoms with Gasteiger partial charge in [0.15, 0.2) is 5.76 Å². The monoisotopic (exact) mass is 352 g/mol. The van der Waals surface area contributed by atoms with E-state index in [0.717, 1.165) is 12.3 Å². The first-order valence-electron chi connectivity index (χ1n) is 7.57. The molecule has 1 aromatic carbocycles. The van der Waals surface area contributed by atoms with Gasteiger partial charge in [-0.05, 0) is 24.3 Å². The SMILES string of the molecule is O=[N+]([O-])c1ccc(S(=O)(=O)N2CC[NH+](Cc3ccco3)CC2)cc1. The second kappa shape index (κ2) is 6.71. The maximum atomic E-state index is 12.6. The summed E-state index contributed by atoms with van der Waals surface area (Å²) in [6, 6.07) is 8.75. The molecule has 0 bridgehead atoms. The van der Waals surface area contributed by atoms with Gasteiger partial charge in [0.1, 0.15) is 6.54 Å². The summed E-state index contributed by atoms with van der Waals surface area (Å²) in [5, 5.41) is 10.7. The van der Waals surface area contributed by atoms with Crippen LogP contribution in [0.4, 0.5) is 5.69 Å². The van der Waals surface area contributed by atoms with E-state index in [9.17, 15) is 18.5 Å². The quantitative estimate of drug-likeness (QED) is 0.616. The Bertz CT molecular complexity index is 794. The smallest absolute Gasteiger partial charge is 0.269 e. The number of hydrogen-bond donors (Lipinski definition) is 1. The number of nitrogens with zero attached hydrogens (tertiary/aromatic N) is 2. The van der Waals surface area contributed by atoms with E-state index in [-0.39, 0.29) is 10.6 Å². The van der Waals surface area contributed by atoms with Crippen molar-refractivity contribution in [2.24, 2.45) is 0 Å². The van der Waals surface area contributed by atoms with Gasteiger partial charge in [0.2, 0.25) is 10.0 Å². The van der Waals surface area contributed by atoms with Crippen molar-refractivity contribution < 1.29 is 22.7 Å². The minimum absolute atomic E-state index is 0.0857. The third-order valence-corrected chi connectivity index (χ3v) is 6.03. The molecule has 3 rings (SSSR count). The van der Waals surface area contributed by atoms with Crippen molar-refractivity contribution in [2.45, 2.75) is 11.4 Å². The van der Waals surface area contributed by atoms with Gasteiger partial charge in [0.05, 0.1) is 42.3 Å². The molecule has 0 unspecified atom stereocenters. The molecule has 1 aromatic heterocycles. The molecule has 2 aromatic rings. The highest BCUT2D eigenvalue weighted by Crippen LogP contribution is 2.19. The van der Waals surface area contributed by atoms with E-state index in [4.69, 9.17) is 4.42 Å². The largest absolute Gasteiger partial charge is 0.463 e. The van der Waals surface area contributed by atoms with Crippen molar-refractivity contribution in [1.82, 2.24) is 4.31 Å². The molecule has 0 atom stereocenters. The molecule has 0 saturated carbocycles. The summed E-state index contributed by atoms with van der Waals surface area (Å²) in [5.41, 5.74) is -0.123. The van der Waals surface area contributed by atoms with E-state index < -0.39 is 14.9 Å². The van der Waals surface area contributed by atoms with Crippen LogP contribution in [0.1, 0.15) is 5.76 Å². The molecule has 2 heterocycles. The maximum absolute atomic E-state index is 12.6. The number of hydrogen-bond acceptors (Lipinski definition) is 5. The molecule has 1 saturated heterocycles. The molecule has 24 heavy (non-hydrogen) atoms. The molecule has 128 valence electrons. The number of sulfonamides is 1. The molecular formula is C15H18N3O5S+. The summed E-state index contributed by atoms with van der Waals surface area (Å²) in [7, 11) is -3.62. The van der Waals surface area contributed by atoms with Gasteiger partial charge in [-0.25, -0.2) is 8.42 Å². The lowest BCUT2D eigenvalue weighted by Gasteiger charge is -2.31. The lowest BCUT2D eigenvalue weighted by molar-refractivity contribution is -0.918. The summed E-state index contributed by atoms with van der Waals surface area (Å²) in [6.07, 6.45) is 1.63. The lowest BCUT2D eigenvalue weighted by atomic mass is 10.3. The maximum Gasteiger partial charge on any atom is 0.269 e. The highest BCUT2D eigenvalue weighted by Gasteiger charge is 2.30. The van der Waals surface area contributed by atoms with Crippen molar-refractivity contribution in [1.29, 1.82) is 0 Å². The van der Waals surface area contributed by atoms with Crippen LogP contribution in [0.3, 0.4) is 0 Å². The molecule has 0 spiro atoms. The van der Waals surface area contributed by atoms with Crippen LogP contribution in [-0.2, 0) is 16.6 Å². The Hall–Kier alpha value is -2.23. The fraction of sp³-hybridized carbons (Fsp3) is 0.333. The zero-order valence-corrected chi connectivity index (χ0v) is 13.7. The average Bonchev–Trinajstić information content (AvgIpc) is 3.08. The number of nitrogens with one attached hydrogen (secondary N) is 1. The Morgan fingerprint density at radius 2 is 1.83 bits per heavy atom. The second-order valence-electron chi connectivity index (χ2n) is 5.66. The molecule has 9 heteroatoms. The first-order valence-corrected chi connectivity index (χ1v) is 9.01. The number of non-ortho nitro benzene ring substituents is 1. The molecule has 0 amide bonds. The summed E-state index contributed by atoms with van der Waals surface area (Å²) in [5.74, 6) is 0.886. The molecule has 1 N–H and O–H groups in total. The summed E-state index contributed by atoms with van der Waals surface area (Å²) >= 11 is 0. The van der Waals surface area contributed by atoms with Crippen molar-refractivity contribution in [3.63, 3.8) is 0 Å². The number of quaternary nitrogens is 1. The Morgan fingerprint density at radius 1 is 1.17 bits per heavy atom. The third kappa shape index (κ3) is 3.48. The summed E-state index contributed by atoms with van der Waals surface area (Å²) in [4.78, 5) is 11.5. The molecule has 8 nitrogen and oxygen atoms in total. The highest BCUT2D eigenvalue weighted by molar-refractivity contribution is 7.89. The Balaban J connectivity index is 1.65. The molecule has 1 aliphatic rings. The van der Waals surface area contributed by atoms with Crippen LogP contribution in [0.2, 0.25) is 0 Å². The standard InChI is InChI=1S/C15H17N3O5S/c19-18(20)13-3-5-15(6-4-13)24(21,22)17-9-7-16(8-10-17)12-14-2-1-11-23-14/h1-6,11H,7-10,12H2/p+1. The van der Waals surface area contributed by atoms with E-state index in [2.05, 4.69) is 0 Å². The van der Waals surface area contributed by atoms with E-state index in [1.165, 1.54) is 33.5 Å². The average molecular weight is 352 g/mol. The van der Waals surface area contributed by atoms with Gasteiger partial charge in [0.25, 0.3) is 5.69 Å². The number of rotatable bonds is 5. The topological polar surface area (TPSA) is 98.1 Å². The normalized spacial score (nSPS) is 17.0. The third-order valence-electron chi connectivity index (χ3n) is 4.12. The number of benzene rings is 1. The minimum Gasteiger partial charge on any atom is -0.463 e. The number of furan rings is 1. The predicted molar refractivity (Wildman–Crippen MR) is 85.0 cm³/mol.